The van der Waals surface area contributed by atoms with Crippen LogP contribution in [0.1, 0.15) is 48.6 Å². The van der Waals surface area contributed by atoms with Crippen LogP contribution in [0.25, 0.3) is 5.70 Å². The fraction of sp³-hybridized carbons (Fsp3) is 0.364. The van der Waals surface area contributed by atoms with Gasteiger partial charge in [0.05, 0.1) is 11.8 Å². The van der Waals surface area contributed by atoms with Crippen LogP contribution in [0.3, 0.4) is 0 Å². The predicted octanol–water partition coefficient (Wildman–Crippen LogP) is 6.71. The zero-order valence-corrected chi connectivity index (χ0v) is 18.2. The van der Waals surface area contributed by atoms with E-state index in [1.54, 1.807) is 18.2 Å². The molecule has 0 fully saturated rings. The van der Waals surface area contributed by atoms with Gasteiger partial charge in [-0.15, -0.1) is 0 Å². The van der Waals surface area contributed by atoms with Crippen molar-refractivity contribution in [3.05, 3.63) is 74.8 Å². The first-order valence-corrected chi connectivity index (χ1v) is 10.2. The fourth-order valence-electron chi connectivity index (χ4n) is 3.54. The maximum atomic E-state index is 14.1. The van der Waals surface area contributed by atoms with E-state index in [1.807, 2.05) is 20.8 Å². The molecule has 1 heterocycles. The molecule has 0 saturated carbocycles. The zero-order valence-electron chi connectivity index (χ0n) is 16.6. The van der Waals surface area contributed by atoms with E-state index in [4.69, 9.17) is 28.0 Å². The minimum absolute atomic E-state index is 0.0749. The minimum Gasteiger partial charge on any atom is -0.388 e. The Morgan fingerprint density at radius 2 is 1.73 bits per heavy atom. The van der Waals surface area contributed by atoms with Gasteiger partial charge in [0.25, 0.3) is 0 Å². The van der Waals surface area contributed by atoms with Crippen LogP contribution in [0.5, 0.6) is 0 Å². The summed E-state index contributed by atoms with van der Waals surface area (Å²) < 4.78 is 42.3. The Labute approximate surface area is 183 Å². The molecule has 3 rings (SSSR count). The predicted molar refractivity (Wildman–Crippen MR) is 112 cm³/mol. The summed E-state index contributed by atoms with van der Waals surface area (Å²) in [5, 5.41) is 10.5. The van der Waals surface area contributed by atoms with E-state index < -0.39 is 17.9 Å². The SMILES string of the molecule is Cc1cc(C2=CC(c3cc(Cl)cc(Cl)c3)(C(F)(F)F)ON2)ccc1C(O)CC(C)C. The largest absolute Gasteiger partial charge is 0.428 e. The molecule has 0 saturated heterocycles. The Morgan fingerprint density at radius 3 is 2.27 bits per heavy atom. The lowest BCUT2D eigenvalue weighted by atomic mass is 9.90. The summed E-state index contributed by atoms with van der Waals surface area (Å²) in [4.78, 5) is 5.10. The van der Waals surface area contributed by atoms with Gasteiger partial charge in [0.15, 0.2) is 0 Å². The number of hydroxylamine groups is 1. The van der Waals surface area contributed by atoms with E-state index in [0.29, 0.717) is 17.9 Å². The van der Waals surface area contributed by atoms with Crippen molar-refractivity contribution in [3.63, 3.8) is 0 Å². The topological polar surface area (TPSA) is 41.5 Å². The van der Waals surface area contributed by atoms with Gasteiger partial charge in [-0.25, -0.2) is 0 Å². The zero-order chi connectivity index (χ0) is 22.3. The summed E-state index contributed by atoms with van der Waals surface area (Å²) in [5.41, 5.74) is 1.64. The Balaban J connectivity index is 2.02. The Morgan fingerprint density at radius 1 is 1.10 bits per heavy atom. The summed E-state index contributed by atoms with van der Waals surface area (Å²) in [6.07, 6.45) is -3.83. The van der Waals surface area contributed by atoms with Crippen LogP contribution >= 0.6 is 23.2 Å². The summed E-state index contributed by atoms with van der Waals surface area (Å²) in [6.45, 7) is 5.83. The molecule has 162 valence electrons. The monoisotopic (exact) mass is 459 g/mol. The lowest BCUT2D eigenvalue weighted by Gasteiger charge is -2.28. The lowest BCUT2D eigenvalue weighted by molar-refractivity contribution is -0.269. The van der Waals surface area contributed by atoms with Crippen LogP contribution in [0.4, 0.5) is 13.2 Å². The first kappa shape index (κ1) is 22.9. The van der Waals surface area contributed by atoms with Gasteiger partial charge in [-0.1, -0.05) is 49.2 Å². The second-order valence-corrected chi connectivity index (χ2v) is 8.74. The third-order valence-electron chi connectivity index (χ3n) is 5.02. The third kappa shape index (κ3) is 4.47. The molecule has 30 heavy (non-hydrogen) atoms. The van der Waals surface area contributed by atoms with Gasteiger partial charge in [-0.3, -0.25) is 10.3 Å². The molecule has 0 spiro atoms. The van der Waals surface area contributed by atoms with Gasteiger partial charge < -0.3 is 5.11 Å². The van der Waals surface area contributed by atoms with Crippen LogP contribution < -0.4 is 5.48 Å². The maximum absolute atomic E-state index is 14.1. The van der Waals surface area contributed by atoms with Gasteiger partial charge >= 0.3 is 6.18 Å². The summed E-state index contributed by atoms with van der Waals surface area (Å²) in [5.74, 6) is 0.309. The average molecular weight is 460 g/mol. The van der Waals surface area contributed by atoms with Crippen molar-refractivity contribution < 1.29 is 23.1 Å². The number of rotatable bonds is 5. The number of nitrogens with one attached hydrogen (secondary N) is 1. The van der Waals surface area contributed by atoms with E-state index >= 15 is 0 Å². The second-order valence-electron chi connectivity index (χ2n) is 7.87. The molecule has 2 aromatic rings. The van der Waals surface area contributed by atoms with Crippen molar-refractivity contribution in [1.29, 1.82) is 0 Å². The molecule has 1 aliphatic heterocycles. The van der Waals surface area contributed by atoms with Crippen LogP contribution in [-0.4, -0.2) is 11.3 Å². The molecule has 2 atom stereocenters. The molecule has 2 unspecified atom stereocenters. The van der Waals surface area contributed by atoms with Crippen molar-refractivity contribution in [2.75, 3.05) is 0 Å². The summed E-state index contributed by atoms with van der Waals surface area (Å²) in [7, 11) is 0. The fourth-order valence-corrected chi connectivity index (χ4v) is 4.07. The van der Waals surface area contributed by atoms with Crippen molar-refractivity contribution in [1.82, 2.24) is 5.48 Å². The van der Waals surface area contributed by atoms with Crippen LogP contribution in [0.2, 0.25) is 10.0 Å². The van der Waals surface area contributed by atoms with E-state index in [-0.39, 0.29) is 21.3 Å². The van der Waals surface area contributed by atoms with Crippen molar-refractivity contribution in [2.24, 2.45) is 5.92 Å². The second kappa shape index (κ2) is 8.42. The van der Waals surface area contributed by atoms with Crippen molar-refractivity contribution in [3.8, 4) is 0 Å². The van der Waals surface area contributed by atoms with Crippen LogP contribution in [0.15, 0.2) is 42.5 Å². The van der Waals surface area contributed by atoms with E-state index in [2.05, 4.69) is 5.48 Å². The van der Waals surface area contributed by atoms with Gasteiger partial charge in [0, 0.05) is 15.6 Å². The number of hydrogen-bond acceptors (Lipinski definition) is 3. The van der Waals surface area contributed by atoms with Crippen LogP contribution in [-0.2, 0) is 10.4 Å². The van der Waals surface area contributed by atoms with E-state index in [1.165, 1.54) is 18.2 Å². The summed E-state index contributed by atoms with van der Waals surface area (Å²) >= 11 is 11.9. The molecule has 0 bridgehead atoms. The first-order valence-electron chi connectivity index (χ1n) is 9.42. The molecule has 8 heteroatoms. The first-order chi connectivity index (χ1) is 13.9. The molecule has 0 amide bonds. The third-order valence-corrected chi connectivity index (χ3v) is 5.45. The number of aliphatic hydroxyl groups is 1. The standard InChI is InChI=1S/C22H22Cl2F3NO2/c1-12(2)6-20(29)18-5-4-14(7-13(18)3)19-11-21(30-28-19,22(25,26)27)15-8-16(23)10-17(24)9-15/h4-5,7-12,20,28-29H,6H2,1-3H3. The quantitative estimate of drug-likeness (QED) is 0.521. The molecule has 2 N–H and O–H groups in total. The maximum Gasteiger partial charge on any atom is 0.428 e. The van der Waals surface area contributed by atoms with E-state index in [0.717, 1.165) is 17.2 Å². The van der Waals surface area contributed by atoms with Gasteiger partial charge in [-0.05, 0) is 66.3 Å². The van der Waals surface area contributed by atoms with Gasteiger partial charge in [0.2, 0.25) is 5.60 Å². The molecule has 0 radical (unpaired) electrons. The lowest BCUT2D eigenvalue weighted by Crippen LogP contribution is -2.42. The number of benzene rings is 2. The van der Waals surface area contributed by atoms with E-state index in [9.17, 15) is 18.3 Å². The molecular weight excluding hydrogens is 438 g/mol. The highest BCUT2D eigenvalue weighted by Crippen LogP contribution is 2.48. The average Bonchev–Trinajstić information content (AvgIpc) is 3.06. The smallest absolute Gasteiger partial charge is 0.388 e. The number of aryl methyl sites for hydroxylation is 1. The molecule has 2 aromatic carbocycles. The number of alkyl halides is 3. The molecule has 0 aliphatic carbocycles. The number of halogens is 5. The Kier molecular flexibility index (Phi) is 6.44. The molecule has 0 aromatic heterocycles. The van der Waals surface area contributed by atoms with Gasteiger partial charge in [0.1, 0.15) is 0 Å². The van der Waals surface area contributed by atoms with Gasteiger partial charge in [-0.2, -0.15) is 13.2 Å². The van der Waals surface area contributed by atoms with Crippen LogP contribution in [0, 0.1) is 12.8 Å². The Hall–Kier alpha value is -1.73. The van der Waals surface area contributed by atoms with Crippen molar-refractivity contribution >= 4 is 28.9 Å². The number of aliphatic hydroxyl groups excluding tert-OH is 1. The highest BCUT2D eigenvalue weighted by molar-refractivity contribution is 6.34. The normalized spacial score (nSPS) is 20.3. The molecule has 3 nitrogen and oxygen atoms in total. The number of hydrogen-bond donors (Lipinski definition) is 2. The Bertz CT molecular complexity index is 955. The molecular formula is C22H22Cl2F3NO2. The van der Waals surface area contributed by atoms with Crippen molar-refractivity contribution in [2.45, 2.75) is 45.1 Å². The highest BCUT2D eigenvalue weighted by atomic mass is 35.5. The highest BCUT2D eigenvalue weighted by Gasteiger charge is 2.59. The summed E-state index contributed by atoms with van der Waals surface area (Å²) in [6, 6.07) is 8.82. The molecule has 1 aliphatic rings. The minimum atomic E-state index is -4.77.